The zero-order chi connectivity index (χ0) is 16.3. The van der Waals surface area contributed by atoms with Gasteiger partial charge in [0.2, 0.25) is 5.91 Å². The monoisotopic (exact) mass is 349 g/mol. The van der Waals surface area contributed by atoms with Gasteiger partial charge in [0.1, 0.15) is 0 Å². The number of hydrogen-bond donors (Lipinski definition) is 0. The van der Waals surface area contributed by atoms with Crippen LogP contribution < -0.4 is 0 Å². The number of sulfone groups is 1. The van der Waals surface area contributed by atoms with E-state index in [2.05, 4.69) is 0 Å². The molecule has 0 bridgehead atoms. The fourth-order valence-corrected chi connectivity index (χ4v) is 5.87. The highest BCUT2D eigenvalue weighted by molar-refractivity contribution is 7.91. The number of hydrogen-bond acceptors (Lipinski definition) is 4. The third-order valence-electron chi connectivity index (χ3n) is 4.15. The summed E-state index contributed by atoms with van der Waals surface area (Å²) in [7, 11) is -3.21. The third kappa shape index (κ3) is 3.82. The molecule has 0 radical (unpaired) electrons. The highest BCUT2D eigenvalue weighted by Gasteiger charge is 2.33. The average Bonchev–Trinajstić information content (AvgIpc) is 2.99. The van der Waals surface area contributed by atoms with Crippen molar-refractivity contribution in [3.8, 4) is 0 Å². The van der Waals surface area contributed by atoms with Gasteiger partial charge in [-0.05, 0) is 23.4 Å². The zero-order valence-electron chi connectivity index (χ0n) is 12.7. The molecule has 0 aliphatic carbocycles. The Kier molecular flexibility index (Phi) is 4.82. The highest BCUT2D eigenvalue weighted by Crippen LogP contribution is 2.32. The minimum absolute atomic E-state index is 0.00164. The standard InChI is InChI=1S/C17H19NO3S2/c19-17(13-14-5-2-1-3-6-14)18-9-8-16(15-7-4-11-22-15)23(20,21)12-10-18/h1-7,11,16H,8-10,12-13H2/t16-/m0/s1. The van der Waals surface area contributed by atoms with E-state index in [1.165, 1.54) is 11.3 Å². The molecule has 2 aromatic rings. The van der Waals surface area contributed by atoms with Gasteiger partial charge in [0.15, 0.2) is 9.84 Å². The summed E-state index contributed by atoms with van der Waals surface area (Å²) >= 11 is 1.47. The fraction of sp³-hybridized carbons (Fsp3) is 0.353. The maximum Gasteiger partial charge on any atom is 0.227 e. The number of thiophene rings is 1. The summed E-state index contributed by atoms with van der Waals surface area (Å²) < 4.78 is 25.0. The summed E-state index contributed by atoms with van der Waals surface area (Å²) in [6, 6.07) is 13.3. The van der Waals surface area contributed by atoms with Gasteiger partial charge in [0, 0.05) is 18.0 Å². The second kappa shape index (κ2) is 6.84. The maximum absolute atomic E-state index is 12.5. The molecule has 1 fully saturated rings. The van der Waals surface area contributed by atoms with Crippen molar-refractivity contribution in [3.05, 3.63) is 58.3 Å². The van der Waals surface area contributed by atoms with Gasteiger partial charge in [-0.2, -0.15) is 0 Å². The first-order chi connectivity index (χ1) is 11.1. The van der Waals surface area contributed by atoms with Crippen LogP contribution in [0.15, 0.2) is 47.8 Å². The lowest BCUT2D eigenvalue weighted by molar-refractivity contribution is -0.130. The molecule has 1 aliphatic heterocycles. The Morgan fingerprint density at radius 2 is 1.91 bits per heavy atom. The van der Waals surface area contributed by atoms with Gasteiger partial charge in [-0.25, -0.2) is 8.42 Å². The second-order valence-corrected chi connectivity index (χ2v) is 8.99. The molecule has 1 aliphatic rings. The van der Waals surface area contributed by atoms with Crippen molar-refractivity contribution in [1.82, 2.24) is 4.90 Å². The van der Waals surface area contributed by atoms with Gasteiger partial charge in [0.05, 0.1) is 17.4 Å². The molecule has 4 nitrogen and oxygen atoms in total. The molecule has 23 heavy (non-hydrogen) atoms. The Morgan fingerprint density at radius 3 is 2.61 bits per heavy atom. The first-order valence-corrected chi connectivity index (χ1v) is 10.2. The van der Waals surface area contributed by atoms with Gasteiger partial charge in [0.25, 0.3) is 0 Å². The van der Waals surface area contributed by atoms with E-state index in [-0.39, 0.29) is 18.2 Å². The van der Waals surface area contributed by atoms with Crippen LogP contribution in [0.3, 0.4) is 0 Å². The molecule has 1 amide bonds. The van der Waals surface area contributed by atoms with Crippen LogP contribution in [0.25, 0.3) is 0 Å². The SMILES string of the molecule is O=C(Cc1ccccc1)N1CC[C@@H](c2cccs2)S(=O)(=O)CC1. The van der Waals surface area contributed by atoms with E-state index < -0.39 is 15.1 Å². The van der Waals surface area contributed by atoms with E-state index in [0.29, 0.717) is 19.4 Å². The summed E-state index contributed by atoms with van der Waals surface area (Å²) in [4.78, 5) is 15.0. The quantitative estimate of drug-likeness (QED) is 0.856. The number of nitrogens with zero attached hydrogens (tertiary/aromatic N) is 1. The minimum Gasteiger partial charge on any atom is -0.341 e. The van der Waals surface area contributed by atoms with E-state index in [4.69, 9.17) is 0 Å². The zero-order valence-corrected chi connectivity index (χ0v) is 14.4. The molecule has 3 rings (SSSR count). The Labute approximate surface area is 140 Å². The highest BCUT2D eigenvalue weighted by atomic mass is 32.2. The largest absolute Gasteiger partial charge is 0.341 e. The number of carbonyl (C=O) groups excluding carboxylic acids is 1. The van der Waals surface area contributed by atoms with E-state index in [0.717, 1.165) is 10.4 Å². The molecular formula is C17H19NO3S2. The van der Waals surface area contributed by atoms with Crippen molar-refractivity contribution in [2.45, 2.75) is 18.1 Å². The van der Waals surface area contributed by atoms with Gasteiger partial charge in [-0.1, -0.05) is 36.4 Å². The molecule has 1 atom stereocenters. The number of rotatable bonds is 3. The van der Waals surface area contributed by atoms with Gasteiger partial charge >= 0.3 is 0 Å². The molecule has 1 aromatic heterocycles. The molecule has 1 aromatic carbocycles. The lowest BCUT2D eigenvalue weighted by Gasteiger charge is -2.20. The fourth-order valence-electron chi connectivity index (χ4n) is 2.87. The first kappa shape index (κ1) is 16.2. The van der Waals surface area contributed by atoms with Crippen LogP contribution in [0.5, 0.6) is 0 Å². The predicted molar refractivity (Wildman–Crippen MR) is 92.2 cm³/mol. The minimum atomic E-state index is -3.21. The first-order valence-electron chi connectivity index (χ1n) is 7.63. The van der Waals surface area contributed by atoms with Crippen LogP contribution in [-0.2, 0) is 21.1 Å². The van der Waals surface area contributed by atoms with E-state index in [1.807, 2.05) is 47.8 Å². The third-order valence-corrected chi connectivity index (χ3v) is 7.40. The lowest BCUT2D eigenvalue weighted by atomic mass is 10.1. The number of carbonyl (C=O) groups is 1. The molecule has 1 saturated heterocycles. The Hall–Kier alpha value is -1.66. The van der Waals surface area contributed by atoms with Crippen LogP contribution >= 0.6 is 11.3 Å². The van der Waals surface area contributed by atoms with E-state index in [1.54, 1.807) is 4.90 Å². The van der Waals surface area contributed by atoms with Crippen molar-refractivity contribution in [1.29, 1.82) is 0 Å². The Balaban J connectivity index is 1.71. The van der Waals surface area contributed by atoms with Crippen molar-refractivity contribution in [2.75, 3.05) is 18.8 Å². The molecule has 2 heterocycles. The lowest BCUT2D eigenvalue weighted by Crippen LogP contribution is -2.34. The molecular weight excluding hydrogens is 330 g/mol. The summed E-state index contributed by atoms with van der Waals surface area (Å²) in [6.07, 6.45) is 0.800. The molecule has 0 spiro atoms. The van der Waals surface area contributed by atoms with Crippen LogP contribution in [0, 0.1) is 0 Å². The summed E-state index contributed by atoms with van der Waals surface area (Å²) in [5.41, 5.74) is 0.958. The Bertz CT molecular complexity index is 754. The van der Waals surface area contributed by atoms with Gasteiger partial charge in [-0.15, -0.1) is 11.3 Å². The van der Waals surface area contributed by atoms with Gasteiger partial charge < -0.3 is 4.90 Å². The average molecular weight is 349 g/mol. The molecule has 6 heteroatoms. The van der Waals surface area contributed by atoms with E-state index >= 15 is 0 Å². The van der Waals surface area contributed by atoms with Gasteiger partial charge in [-0.3, -0.25) is 4.79 Å². The summed E-state index contributed by atoms with van der Waals surface area (Å²) in [6.45, 7) is 0.781. The number of benzene rings is 1. The maximum atomic E-state index is 12.5. The van der Waals surface area contributed by atoms with Crippen LogP contribution in [0.2, 0.25) is 0 Å². The second-order valence-electron chi connectivity index (χ2n) is 5.70. The summed E-state index contributed by atoms with van der Waals surface area (Å²) in [5.74, 6) is 0.0362. The van der Waals surface area contributed by atoms with Crippen molar-refractivity contribution >= 4 is 27.1 Å². The van der Waals surface area contributed by atoms with E-state index in [9.17, 15) is 13.2 Å². The molecule has 122 valence electrons. The van der Waals surface area contributed by atoms with Crippen LogP contribution in [0.1, 0.15) is 22.1 Å². The topological polar surface area (TPSA) is 54.5 Å². The van der Waals surface area contributed by atoms with Crippen molar-refractivity contribution in [2.24, 2.45) is 0 Å². The Morgan fingerprint density at radius 1 is 1.13 bits per heavy atom. The molecule has 0 N–H and O–H groups in total. The smallest absolute Gasteiger partial charge is 0.227 e. The van der Waals surface area contributed by atoms with Crippen LogP contribution in [-0.4, -0.2) is 38.1 Å². The molecule has 0 unspecified atom stereocenters. The predicted octanol–water partition coefficient (Wildman–Crippen LogP) is 2.68. The molecule has 0 saturated carbocycles. The van der Waals surface area contributed by atoms with Crippen molar-refractivity contribution in [3.63, 3.8) is 0 Å². The normalized spacial score (nSPS) is 20.9. The summed E-state index contributed by atoms with van der Waals surface area (Å²) in [5, 5.41) is 1.42. The van der Waals surface area contributed by atoms with Crippen molar-refractivity contribution < 1.29 is 13.2 Å². The number of amides is 1. The van der Waals surface area contributed by atoms with Crippen LogP contribution in [0.4, 0.5) is 0 Å².